The Labute approximate surface area is 127 Å². The van der Waals surface area contributed by atoms with Crippen LogP contribution in [0.25, 0.3) is 0 Å². The van der Waals surface area contributed by atoms with Gasteiger partial charge in [-0.05, 0) is 43.5 Å². The number of benzene rings is 1. The molecule has 118 valence electrons. The van der Waals surface area contributed by atoms with E-state index >= 15 is 0 Å². The van der Waals surface area contributed by atoms with Gasteiger partial charge in [0.1, 0.15) is 5.75 Å². The van der Waals surface area contributed by atoms with E-state index in [0.29, 0.717) is 13.2 Å². The zero-order valence-electron chi connectivity index (χ0n) is 13.2. The van der Waals surface area contributed by atoms with E-state index in [2.05, 4.69) is 24.4 Å². The van der Waals surface area contributed by atoms with Crippen LogP contribution in [0, 0.1) is 0 Å². The first-order chi connectivity index (χ1) is 10.3. The van der Waals surface area contributed by atoms with E-state index in [1.807, 2.05) is 6.07 Å². The number of hydrogen-bond donors (Lipinski definition) is 1. The van der Waals surface area contributed by atoms with Gasteiger partial charge in [-0.15, -0.1) is 0 Å². The zero-order valence-corrected chi connectivity index (χ0v) is 13.2. The van der Waals surface area contributed by atoms with Crippen molar-refractivity contribution in [2.75, 3.05) is 26.9 Å². The second-order valence-corrected chi connectivity index (χ2v) is 5.43. The minimum absolute atomic E-state index is 0.259. The summed E-state index contributed by atoms with van der Waals surface area (Å²) in [4.78, 5) is 0. The fraction of sp³-hybridized carbons (Fsp3) is 0.647. The molecule has 0 saturated carbocycles. The summed E-state index contributed by atoms with van der Waals surface area (Å²) in [6.07, 6.45) is 3.79. The SMILES string of the molecule is CCNCc1ccc(OC)c(COCC2CCCCO2)c1. The lowest BCUT2D eigenvalue weighted by Gasteiger charge is -2.22. The van der Waals surface area contributed by atoms with Crippen LogP contribution >= 0.6 is 0 Å². The number of hydrogen-bond acceptors (Lipinski definition) is 4. The van der Waals surface area contributed by atoms with Crippen molar-refractivity contribution >= 4 is 0 Å². The van der Waals surface area contributed by atoms with E-state index in [4.69, 9.17) is 14.2 Å². The Morgan fingerprint density at radius 3 is 2.95 bits per heavy atom. The molecule has 1 aromatic carbocycles. The first kappa shape index (κ1) is 16.3. The molecule has 1 N–H and O–H groups in total. The van der Waals surface area contributed by atoms with Gasteiger partial charge in [-0.2, -0.15) is 0 Å². The topological polar surface area (TPSA) is 39.7 Å². The predicted octanol–water partition coefficient (Wildman–Crippen LogP) is 2.89. The van der Waals surface area contributed by atoms with Gasteiger partial charge in [0.05, 0.1) is 26.4 Å². The van der Waals surface area contributed by atoms with Crippen molar-refractivity contribution in [3.8, 4) is 5.75 Å². The van der Waals surface area contributed by atoms with E-state index in [9.17, 15) is 0 Å². The molecule has 1 aliphatic rings. The Morgan fingerprint density at radius 1 is 1.33 bits per heavy atom. The highest BCUT2D eigenvalue weighted by Gasteiger charge is 2.14. The van der Waals surface area contributed by atoms with Crippen LogP contribution in [0.5, 0.6) is 5.75 Å². The quantitative estimate of drug-likeness (QED) is 0.800. The fourth-order valence-electron chi connectivity index (χ4n) is 2.56. The molecular formula is C17H27NO3. The lowest BCUT2D eigenvalue weighted by Crippen LogP contribution is -2.24. The van der Waals surface area contributed by atoms with Crippen molar-refractivity contribution in [1.82, 2.24) is 5.32 Å². The molecule has 4 nitrogen and oxygen atoms in total. The highest BCUT2D eigenvalue weighted by Crippen LogP contribution is 2.21. The molecule has 1 aliphatic heterocycles. The van der Waals surface area contributed by atoms with Crippen LogP contribution in [-0.4, -0.2) is 33.0 Å². The first-order valence-corrected chi connectivity index (χ1v) is 7.89. The standard InChI is InChI=1S/C17H27NO3/c1-3-18-11-14-7-8-17(19-2)15(10-14)12-20-13-16-6-4-5-9-21-16/h7-8,10,16,18H,3-6,9,11-13H2,1-2H3. The van der Waals surface area contributed by atoms with Crippen molar-refractivity contribution in [3.05, 3.63) is 29.3 Å². The van der Waals surface area contributed by atoms with Crippen molar-refractivity contribution in [2.45, 2.75) is 45.4 Å². The molecule has 1 unspecified atom stereocenters. The summed E-state index contributed by atoms with van der Waals surface area (Å²) in [6.45, 7) is 6.06. The van der Waals surface area contributed by atoms with Crippen LogP contribution in [0.2, 0.25) is 0 Å². The van der Waals surface area contributed by atoms with Crippen LogP contribution < -0.4 is 10.1 Å². The molecule has 1 saturated heterocycles. The predicted molar refractivity (Wildman–Crippen MR) is 83.6 cm³/mol. The molecule has 1 aromatic rings. The highest BCUT2D eigenvalue weighted by atomic mass is 16.5. The van der Waals surface area contributed by atoms with Crippen molar-refractivity contribution in [3.63, 3.8) is 0 Å². The van der Waals surface area contributed by atoms with E-state index < -0.39 is 0 Å². The fourth-order valence-corrected chi connectivity index (χ4v) is 2.56. The van der Waals surface area contributed by atoms with Gasteiger partial charge in [-0.25, -0.2) is 0 Å². The summed E-state index contributed by atoms with van der Waals surface area (Å²) in [5.74, 6) is 0.889. The van der Waals surface area contributed by atoms with Gasteiger partial charge >= 0.3 is 0 Å². The molecule has 21 heavy (non-hydrogen) atoms. The van der Waals surface area contributed by atoms with Crippen LogP contribution in [-0.2, 0) is 22.6 Å². The number of ether oxygens (including phenoxy) is 3. The molecule has 2 rings (SSSR count). The van der Waals surface area contributed by atoms with Gasteiger partial charge in [-0.3, -0.25) is 0 Å². The van der Waals surface area contributed by atoms with E-state index in [0.717, 1.165) is 37.4 Å². The Morgan fingerprint density at radius 2 is 2.24 bits per heavy atom. The second-order valence-electron chi connectivity index (χ2n) is 5.43. The van der Waals surface area contributed by atoms with Crippen LogP contribution in [0.1, 0.15) is 37.3 Å². The zero-order chi connectivity index (χ0) is 14.9. The maximum Gasteiger partial charge on any atom is 0.124 e. The lowest BCUT2D eigenvalue weighted by molar-refractivity contribution is -0.0449. The van der Waals surface area contributed by atoms with Crippen molar-refractivity contribution in [1.29, 1.82) is 0 Å². The molecule has 0 aliphatic carbocycles. The van der Waals surface area contributed by atoms with E-state index in [1.165, 1.54) is 18.4 Å². The maximum absolute atomic E-state index is 5.84. The number of nitrogens with one attached hydrogen (secondary N) is 1. The molecule has 1 fully saturated rings. The van der Waals surface area contributed by atoms with Gasteiger partial charge in [-0.1, -0.05) is 13.0 Å². The minimum atomic E-state index is 0.259. The summed E-state index contributed by atoms with van der Waals surface area (Å²) in [5.41, 5.74) is 2.36. The first-order valence-electron chi connectivity index (χ1n) is 7.89. The summed E-state index contributed by atoms with van der Waals surface area (Å²) in [6, 6.07) is 6.26. The highest BCUT2D eigenvalue weighted by molar-refractivity contribution is 5.36. The van der Waals surface area contributed by atoms with Crippen LogP contribution in [0.15, 0.2) is 18.2 Å². The second kappa shape index (κ2) is 9.03. The monoisotopic (exact) mass is 293 g/mol. The maximum atomic E-state index is 5.84. The molecular weight excluding hydrogens is 266 g/mol. The Bertz CT molecular complexity index is 416. The van der Waals surface area contributed by atoms with Crippen molar-refractivity contribution in [2.24, 2.45) is 0 Å². The largest absolute Gasteiger partial charge is 0.496 e. The summed E-state index contributed by atoms with van der Waals surface area (Å²) >= 11 is 0. The molecule has 4 heteroatoms. The molecule has 1 atom stereocenters. The van der Waals surface area contributed by atoms with E-state index in [-0.39, 0.29) is 6.10 Å². The third kappa shape index (κ3) is 5.30. The minimum Gasteiger partial charge on any atom is -0.496 e. The van der Waals surface area contributed by atoms with Gasteiger partial charge < -0.3 is 19.5 Å². The smallest absolute Gasteiger partial charge is 0.124 e. The molecule has 0 aromatic heterocycles. The van der Waals surface area contributed by atoms with Gasteiger partial charge in [0, 0.05) is 18.7 Å². The summed E-state index contributed by atoms with van der Waals surface area (Å²) < 4.78 is 16.9. The molecule has 0 spiro atoms. The average Bonchev–Trinajstić information content (AvgIpc) is 2.54. The Kier molecular flexibility index (Phi) is 7.00. The number of rotatable bonds is 8. The Hall–Kier alpha value is -1.10. The van der Waals surface area contributed by atoms with Crippen LogP contribution in [0.4, 0.5) is 0 Å². The molecule has 0 bridgehead atoms. The van der Waals surface area contributed by atoms with Gasteiger partial charge in [0.15, 0.2) is 0 Å². The van der Waals surface area contributed by atoms with Crippen LogP contribution in [0.3, 0.4) is 0 Å². The third-order valence-electron chi connectivity index (χ3n) is 3.76. The normalized spacial score (nSPS) is 18.7. The molecule has 0 radical (unpaired) electrons. The summed E-state index contributed by atoms with van der Waals surface area (Å²) in [7, 11) is 1.70. The third-order valence-corrected chi connectivity index (χ3v) is 3.76. The molecule has 1 heterocycles. The van der Waals surface area contributed by atoms with E-state index in [1.54, 1.807) is 7.11 Å². The van der Waals surface area contributed by atoms with Gasteiger partial charge in [0.2, 0.25) is 0 Å². The van der Waals surface area contributed by atoms with Crippen molar-refractivity contribution < 1.29 is 14.2 Å². The molecule has 0 amide bonds. The number of methoxy groups -OCH3 is 1. The lowest BCUT2D eigenvalue weighted by atomic mass is 10.1. The van der Waals surface area contributed by atoms with Gasteiger partial charge in [0.25, 0.3) is 0 Å². The summed E-state index contributed by atoms with van der Waals surface area (Å²) in [5, 5.41) is 3.34. The Balaban J connectivity index is 1.87. The average molecular weight is 293 g/mol.